The van der Waals surface area contributed by atoms with Crippen LogP contribution in [-0.2, 0) is 9.53 Å². The number of esters is 1. The number of hydrogen-bond acceptors (Lipinski definition) is 5. The number of non-ortho nitro benzene ring substituents is 1. The van der Waals surface area contributed by atoms with Crippen LogP contribution in [-0.4, -0.2) is 22.9 Å². The van der Waals surface area contributed by atoms with Gasteiger partial charge in [-0.2, -0.15) is 0 Å². The van der Waals surface area contributed by atoms with Gasteiger partial charge in [0.2, 0.25) is 0 Å². The summed E-state index contributed by atoms with van der Waals surface area (Å²) in [4.78, 5) is 34.8. The van der Waals surface area contributed by atoms with E-state index >= 15 is 0 Å². The first-order chi connectivity index (χ1) is 13.3. The number of anilines is 1. The monoisotopic (exact) mass is 398 g/mol. The number of nitrogens with zero attached hydrogens (tertiary/aromatic N) is 1. The standard InChI is InChI=1S/C20H15ClN2O5/c1-12(19(24)22-18-9-8-16(23(26)27)11-17(18)21)28-20(25)15-7-6-13-4-2-3-5-14(13)10-15/h2-12H,1H3,(H,22,24). The number of nitro groups is 1. The normalized spacial score (nSPS) is 11.6. The van der Waals surface area contributed by atoms with E-state index in [9.17, 15) is 19.7 Å². The Kier molecular flexibility index (Phi) is 5.56. The van der Waals surface area contributed by atoms with Crippen molar-refractivity contribution in [2.45, 2.75) is 13.0 Å². The molecule has 0 saturated heterocycles. The van der Waals surface area contributed by atoms with Crippen molar-refractivity contribution in [3.63, 3.8) is 0 Å². The lowest BCUT2D eigenvalue weighted by molar-refractivity contribution is -0.384. The van der Waals surface area contributed by atoms with Crippen LogP contribution in [0.5, 0.6) is 0 Å². The van der Waals surface area contributed by atoms with E-state index in [1.165, 1.54) is 19.1 Å². The lowest BCUT2D eigenvalue weighted by Crippen LogP contribution is -2.30. The average Bonchev–Trinajstić information content (AvgIpc) is 2.68. The molecule has 0 heterocycles. The second-order valence-electron chi connectivity index (χ2n) is 6.02. The SMILES string of the molecule is CC(OC(=O)c1ccc2ccccc2c1)C(=O)Nc1ccc([N+](=O)[O-])cc1Cl. The number of amides is 1. The van der Waals surface area contributed by atoms with Gasteiger partial charge in [0, 0.05) is 12.1 Å². The number of benzene rings is 3. The number of halogens is 1. The molecule has 28 heavy (non-hydrogen) atoms. The van der Waals surface area contributed by atoms with E-state index in [1.54, 1.807) is 18.2 Å². The molecule has 1 atom stereocenters. The molecular formula is C20H15ClN2O5. The Hall–Kier alpha value is -3.45. The molecule has 1 unspecified atom stereocenters. The quantitative estimate of drug-likeness (QED) is 0.385. The molecule has 7 nitrogen and oxygen atoms in total. The summed E-state index contributed by atoms with van der Waals surface area (Å²) >= 11 is 5.95. The number of carbonyl (C=O) groups excluding carboxylic acids is 2. The van der Waals surface area contributed by atoms with E-state index in [1.807, 2.05) is 24.3 Å². The van der Waals surface area contributed by atoms with Crippen molar-refractivity contribution in [1.82, 2.24) is 0 Å². The molecule has 1 N–H and O–H groups in total. The van der Waals surface area contributed by atoms with Gasteiger partial charge < -0.3 is 10.1 Å². The highest BCUT2D eigenvalue weighted by Crippen LogP contribution is 2.27. The summed E-state index contributed by atoms with van der Waals surface area (Å²) in [6.07, 6.45) is -1.09. The molecular weight excluding hydrogens is 384 g/mol. The fourth-order valence-corrected chi connectivity index (χ4v) is 2.77. The number of nitro benzene ring substituents is 1. The van der Waals surface area contributed by atoms with Crippen molar-refractivity contribution in [2.24, 2.45) is 0 Å². The predicted molar refractivity (Wildman–Crippen MR) is 106 cm³/mol. The van der Waals surface area contributed by atoms with E-state index in [-0.39, 0.29) is 16.4 Å². The van der Waals surface area contributed by atoms with Gasteiger partial charge in [-0.25, -0.2) is 4.79 Å². The zero-order valence-electron chi connectivity index (χ0n) is 14.7. The van der Waals surface area contributed by atoms with Crippen LogP contribution in [0.1, 0.15) is 17.3 Å². The van der Waals surface area contributed by atoms with Crippen molar-refractivity contribution in [3.8, 4) is 0 Å². The molecule has 0 fully saturated rings. The van der Waals surface area contributed by atoms with Crippen molar-refractivity contribution >= 4 is 45.6 Å². The Morgan fingerprint density at radius 1 is 1.07 bits per heavy atom. The maximum absolute atomic E-state index is 12.3. The molecule has 0 saturated carbocycles. The third-order valence-electron chi connectivity index (χ3n) is 4.06. The highest BCUT2D eigenvalue weighted by molar-refractivity contribution is 6.34. The van der Waals surface area contributed by atoms with Crippen LogP contribution in [0.4, 0.5) is 11.4 Å². The number of fused-ring (bicyclic) bond motifs is 1. The van der Waals surface area contributed by atoms with E-state index in [0.29, 0.717) is 5.56 Å². The third kappa shape index (κ3) is 4.27. The van der Waals surface area contributed by atoms with E-state index in [2.05, 4.69) is 5.32 Å². The number of nitrogens with one attached hydrogen (secondary N) is 1. The molecule has 1 amide bonds. The zero-order valence-corrected chi connectivity index (χ0v) is 15.5. The van der Waals surface area contributed by atoms with Crippen molar-refractivity contribution in [3.05, 3.63) is 81.4 Å². The molecule has 0 aromatic heterocycles. The summed E-state index contributed by atoms with van der Waals surface area (Å²) in [6.45, 7) is 1.42. The first kappa shape index (κ1) is 19.3. The third-order valence-corrected chi connectivity index (χ3v) is 4.37. The summed E-state index contributed by atoms with van der Waals surface area (Å²) in [7, 11) is 0. The number of rotatable bonds is 5. The van der Waals surface area contributed by atoms with Gasteiger partial charge in [-0.1, -0.05) is 41.9 Å². The van der Waals surface area contributed by atoms with E-state index < -0.39 is 22.9 Å². The first-order valence-electron chi connectivity index (χ1n) is 8.30. The summed E-state index contributed by atoms with van der Waals surface area (Å²) in [5.74, 6) is -1.24. The fraction of sp³-hybridized carbons (Fsp3) is 0.100. The maximum Gasteiger partial charge on any atom is 0.338 e. The highest BCUT2D eigenvalue weighted by Gasteiger charge is 2.20. The second-order valence-corrected chi connectivity index (χ2v) is 6.43. The molecule has 0 bridgehead atoms. The molecule has 3 aromatic rings. The Morgan fingerprint density at radius 2 is 1.79 bits per heavy atom. The number of ether oxygens (including phenoxy) is 1. The van der Waals surface area contributed by atoms with Crippen LogP contribution in [0.2, 0.25) is 5.02 Å². The summed E-state index contributed by atoms with van der Waals surface area (Å²) < 4.78 is 5.22. The second kappa shape index (κ2) is 8.06. The lowest BCUT2D eigenvalue weighted by Gasteiger charge is -2.14. The van der Waals surface area contributed by atoms with Gasteiger partial charge in [0.25, 0.3) is 11.6 Å². The molecule has 3 aromatic carbocycles. The fourth-order valence-electron chi connectivity index (χ4n) is 2.55. The molecule has 0 aliphatic carbocycles. The average molecular weight is 399 g/mol. The summed E-state index contributed by atoms with van der Waals surface area (Å²) in [5.41, 5.74) is 0.316. The Balaban J connectivity index is 1.67. The van der Waals surface area contributed by atoms with Crippen LogP contribution in [0, 0.1) is 10.1 Å². The van der Waals surface area contributed by atoms with Gasteiger partial charge in [-0.3, -0.25) is 14.9 Å². The highest BCUT2D eigenvalue weighted by atomic mass is 35.5. The molecule has 0 aliphatic heterocycles. The predicted octanol–water partition coefficient (Wildman–Crippen LogP) is 4.59. The number of hydrogen-bond donors (Lipinski definition) is 1. The minimum absolute atomic E-state index is 0.00982. The van der Waals surface area contributed by atoms with Gasteiger partial charge in [0.1, 0.15) is 0 Å². The Bertz CT molecular complexity index is 1080. The van der Waals surface area contributed by atoms with Gasteiger partial charge >= 0.3 is 5.97 Å². The van der Waals surface area contributed by atoms with Crippen LogP contribution in [0.3, 0.4) is 0 Å². The summed E-state index contributed by atoms with van der Waals surface area (Å²) in [6, 6.07) is 16.3. The van der Waals surface area contributed by atoms with Gasteiger partial charge in [-0.05, 0) is 35.9 Å². The van der Waals surface area contributed by atoms with Crippen LogP contribution >= 0.6 is 11.6 Å². The van der Waals surface area contributed by atoms with Gasteiger partial charge in [-0.15, -0.1) is 0 Å². The maximum atomic E-state index is 12.3. The van der Waals surface area contributed by atoms with E-state index in [0.717, 1.165) is 16.8 Å². The molecule has 0 radical (unpaired) electrons. The van der Waals surface area contributed by atoms with Crippen molar-refractivity contribution in [1.29, 1.82) is 0 Å². The number of carbonyl (C=O) groups is 2. The van der Waals surface area contributed by atoms with Crippen molar-refractivity contribution < 1.29 is 19.2 Å². The minimum Gasteiger partial charge on any atom is -0.449 e. The van der Waals surface area contributed by atoms with Gasteiger partial charge in [0.05, 0.1) is 21.2 Å². The van der Waals surface area contributed by atoms with E-state index in [4.69, 9.17) is 16.3 Å². The first-order valence-corrected chi connectivity index (χ1v) is 8.67. The molecule has 0 aliphatic rings. The molecule has 0 spiro atoms. The molecule has 142 valence electrons. The Morgan fingerprint density at radius 3 is 2.46 bits per heavy atom. The van der Waals surface area contributed by atoms with Crippen LogP contribution < -0.4 is 5.32 Å². The topological polar surface area (TPSA) is 98.5 Å². The smallest absolute Gasteiger partial charge is 0.338 e. The minimum atomic E-state index is -1.09. The van der Waals surface area contributed by atoms with Crippen molar-refractivity contribution in [2.75, 3.05) is 5.32 Å². The largest absolute Gasteiger partial charge is 0.449 e. The Labute approximate surface area is 165 Å². The van der Waals surface area contributed by atoms with Gasteiger partial charge in [0.15, 0.2) is 6.10 Å². The molecule has 8 heteroatoms. The molecule has 3 rings (SSSR count). The van der Waals surface area contributed by atoms with Crippen LogP contribution in [0.15, 0.2) is 60.7 Å². The zero-order chi connectivity index (χ0) is 20.3. The van der Waals surface area contributed by atoms with Crippen LogP contribution in [0.25, 0.3) is 10.8 Å². The summed E-state index contributed by atoms with van der Waals surface area (Å²) in [5, 5.41) is 15.1. The lowest BCUT2D eigenvalue weighted by atomic mass is 10.1.